The molecule has 0 spiro atoms. The molecule has 1 N–H and O–H groups in total. The van der Waals surface area contributed by atoms with Crippen LogP contribution < -0.4 is 11.0 Å². The van der Waals surface area contributed by atoms with Crippen molar-refractivity contribution in [3.05, 3.63) is 34.2 Å². The monoisotopic (exact) mass is 396 g/mol. The van der Waals surface area contributed by atoms with Gasteiger partial charge in [-0.05, 0) is 62.8 Å². The van der Waals surface area contributed by atoms with Crippen molar-refractivity contribution in [2.75, 3.05) is 26.2 Å². The highest BCUT2D eigenvalue weighted by Crippen LogP contribution is 2.34. The highest BCUT2D eigenvalue weighted by atomic mass is 16.2. The molecule has 3 aliphatic rings. The van der Waals surface area contributed by atoms with Crippen LogP contribution in [0.25, 0.3) is 11.0 Å². The first kappa shape index (κ1) is 18.9. The first-order valence-electron chi connectivity index (χ1n) is 11.5. The lowest BCUT2D eigenvalue weighted by atomic mass is 9.95. The van der Waals surface area contributed by atoms with Crippen LogP contribution >= 0.6 is 0 Å². The molecule has 6 heteroatoms. The maximum atomic E-state index is 13.4. The van der Waals surface area contributed by atoms with E-state index in [0.29, 0.717) is 17.5 Å². The summed E-state index contributed by atoms with van der Waals surface area (Å²) in [5.74, 6) is 0.709. The van der Waals surface area contributed by atoms with Crippen LogP contribution in [0.3, 0.4) is 0 Å². The van der Waals surface area contributed by atoms with Gasteiger partial charge in [-0.15, -0.1) is 0 Å². The molecule has 0 atom stereocenters. The van der Waals surface area contributed by atoms with Gasteiger partial charge in [0.05, 0.1) is 11.0 Å². The zero-order valence-corrected chi connectivity index (χ0v) is 17.2. The van der Waals surface area contributed by atoms with Crippen molar-refractivity contribution in [3.8, 4) is 0 Å². The third kappa shape index (κ3) is 3.75. The molecule has 29 heavy (non-hydrogen) atoms. The van der Waals surface area contributed by atoms with E-state index >= 15 is 0 Å². The minimum Gasteiger partial charge on any atom is -0.337 e. The molecule has 2 heterocycles. The van der Waals surface area contributed by atoms with E-state index in [4.69, 9.17) is 0 Å². The van der Waals surface area contributed by atoms with Crippen molar-refractivity contribution in [2.45, 2.75) is 64.0 Å². The van der Waals surface area contributed by atoms with Crippen molar-refractivity contribution >= 4 is 16.9 Å². The van der Waals surface area contributed by atoms with Crippen LogP contribution in [0.1, 0.15) is 67.8 Å². The van der Waals surface area contributed by atoms with Gasteiger partial charge < -0.3 is 10.2 Å². The van der Waals surface area contributed by atoms with Crippen molar-refractivity contribution < 1.29 is 4.79 Å². The number of imidazole rings is 1. The average molecular weight is 397 g/mol. The Labute approximate surface area is 171 Å². The number of aromatic nitrogens is 2. The van der Waals surface area contributed by atoms with Gasteiger partial charge in [0.2, 0.25) is 0 Å². The van der Waals surface area contributed by atoms with Crippen LogP contribution in [0.4, 0.5) is 0 Å². The van der Waals surface area contributed by atoms with Crippen LogP contribution in [0.15, 0.2) is 23.0 Å². The number of carbonyl (C=O) groups excluding carboxylic acids is 1. The number of nitrogens with zero attached hydrogens (tertiary/aromatic N) is 3. The van der Waals surface area contributed by atoms with E-state index in [2.05, 4.69) is 5.32 Å². The molecule has 0 unspecified atom stereocenters. The van der Waals surface area contributed by atoms with E-state index in [-0.39, 0.29) is 11.6 Å². The lowest BCUT2D eigenvalue weighted by molar-refractivity contribution is 0.0766. The number of rotatable bonds is 4. The number of carbonyl (C=O) groups is 1. The van der Waals surface area contributed by atoms with Crippen molar-refractivity contribution in [2.24, 2.45) is 5.92 Å². The Kier molecular flexibility index (Phi) is 5.20. The van der Waals surface area contributed by atoms with E-state index in [9.17, 15) is 9.59 Å². The van der Waals surface area contributed by atoms with Crippen LogP contribution in [0.5, 0.6) is 0 Å². The molecule has 2 saturated carbocycles. The van der Waals surface area contributed by atoms with E-state index in [0.717, 1.165) is 63.0 Å². The van der Waals surface area contributed by atoms with E-state index in [1.807, 2.05) is 32.2 Å². The van der Waals surface area contributed by atoms with Gasteiger partial charge >= 0.3 is 5.69 Å². The molecule has 1 aromatic heterocycles. The second-order valence-electron chi connectivity index (χ2n) is 9.10. The molecule has 1 saturated heterocycles. The van der Waals surface area contributed by atoms with E-state index in [1.54, 1.807) is 0 Å². The molecule has 6 nitrogen and oxygen atoms in total. The number of hydrogen-bond acceptors (Lipinski definition) is 3. The van der Waals surface area contributed by atoms with Crippen LogP contribution in [0, 0.1) is 5.92 Å². The molecule has 0 radical (unpaired) electrons. The summed E-state index contributed by atoms with van der Waals surface area (Å²) in [5, 5.41) is 3.36. The fraction of sp³-hybridized carbons (Fsp3) is 0.652. The Morgan fingerprint density at radius 3 is 2.59 bits per heavy atom. The van der Waals surface area contributed by atoms with Crippen LogP contribution in [0.2, 0.25) is 0 Å². The van der Waals surface area contributed by atoms with Crippen LogP contribution in [-0.4, -0.2) is 46.1 Å². The Morgan fingerprint density at radius 1 is 0.966 bits per heavy atom. The first-order chi connectivity index (χ1) is 14.2. The van der Waals surface area contributed by atoms with Gasteiger partial charge in [-0.1, -0.05) is 19.3 Å². The summed E-state index contributed by atoms with van der Waals surface area (Å²) >= 11 is 0. The maximum Gasteiger partial charge on any atom is 0.329 e. The summed E-state index contributed by atoms with van der Waals surface area (Å²) in [6.07, 6.45) is 9.25. The minimum atomic E-state index is 0.0893. The molecular weight excluding hydrogens is 364 g/mol. The second kappa shape index (κ2) is 7.98. The van der Waals surface area contributed by atoms with E-state index in [1.165, 1.54) is 32.1 Å². The first-order valence-corrected chi connectivity index (χ1v) is 11.5. The Hall–Kier alpha value is -2.08. The standard InChI is InChI=1S/C23H32N4O2/c28-22(25-13-4-11-24-12-14-25)18-9-10-20-21(15-18)26(16-17-7-8-17)23(29)27(20)19-5-2-1-3-6-19/h9-10,15,17,19,24H,1-8,11-14,16H2. The predicted molar refractivity (Wildman–Crippen MR) is 114 cm³/mol. The third-order valence-corrected chi connectivity index (χ3v) is 6.91. The Balaban J connectivity index is 1.54. The lowest BCUT2D eigenvalue weighted by Crippen LogP contribution is -2.34. The second-order valence-corrected chi connectivity index (χ2v) is 9.10. The summed E-state index contributed by atoms with van der Waals surface area (Å²) < 4.78 is 4.00. The van der Waals surface area contributed by atoms with Gasteiger partial charge in [-0.3, -0.25) is 13.9 Å². The molecule has 1 aliphatic heterocycles. The van der Waals surface area contributed by atoms with Gasteiger partial charge in [0, 0.05) is 37.8 Å². The molecule has 5 rings (SSSR count). The lowest BCUT2D eigenvalue weighted by Gasteiger charge is -2.23. The average Bonchev–Trinajstić information content (AvgIpc) is 3.56. The van der Waals surface area contributed by atoms with Gasteiger partial charge in [0.1, 0.15) is 0 Å². The van der Waals surface area contributed by atoms with Crippen molar-refractivity contribution in [3.63, 3.8) is 0 Å². The molecule has 3 fully saturated rings. The largest absolute Gasteiger partial charge is 0.337 e. The Morgan fingerprint density at radius 2 is 1.79 bits per heavy atom. The smallest absolute Gasteiger partial charge is 0.329 e. The van der Waals surface area contributed by atoms with E-state index < -0.39 is 0 Å². The summed E-state index contributed by atoms with van der Waals surface area (Å²) in [7, 11) is 0. The third-order valence-electron chi connectivity index (χ3n) is 6.91. The molecular formula is C23H32N4O2. The molecule has 156 valence electrons. The Bertz CT molecular complexity index is 942. The molecule has 1 aromatic carbocycles. The summed E-state index contributed by atoms with van der Waals surface area (Å²) in [5.41, 5.74) is 2.80. The van der Waals surface area contributed by atoms with Gasteiger partial charge in [0.15, 0.2) is 0 Å². The van der Waals surface area contributed by atoms with Gasteiger partial charge in [0.25, 0.3) is 5.91 Å². The summed E-state index contributed by atoms with van der Waals surface area (Å²) in [6.45, 7) is 4.14. The number of benzene rings is 1. The summed E-state index contributed by atoms with van der Waals surface area (Å²) in [4.78, 5) is 28.5. The number of fused-ring (bicyclic) bond motifs is 1. The number of nitrogens with one attached hydrogen (secondary N) is 1. The number of amides is 1. The molecule has 2 aliphatic carbocycles. The fourth-order valence-corrected chi connectivity index (χ4v) is 5.07. The maximum absolute atomic E-state index is 13.4. The summed E-state index contributed by atoms with van der Waals surface area (Å²) in [6, 6.07) is 6.25. The molecule has 1 amide bonds. The SMILES string of the molecule is O=C(c1ccc2c(c1)n(CC1CC1)c(=O)n2C1CCCCC1)N1CCCNCC1. The number of hydrogen-bond donors (Lipinski definition) is 1. The van der Waals surface area contributed by atoms with Gasteiger partial charge in [-0.2, -0.15) is 0 Å². The predicted octanol–water partition coefficient (Wildman–Crippen LogP) is 3.15. The quantitative estimate of drug-likeness (QED) is 0.864. The van der Waals surface area contributed by atoms with Crippen molar-refractivity contribution in [1.29, 1.82) is 0 Å². The fourth-order valence-electron chi connectivity index (χ4n) is 5.07. The van der Waals surface area contributed by atoms with Crippen LogP contribution in [-0.2, 0) is 6.54 Å². The topological polar surface area (TPSA) is 59.3 Å². The molecule has 0 bridgehead atoms. The highest BCUT2D eigenvalue weighted by Gasteiger charge is 2.28. The normalized spacial score (nSPS) is 21.4. The highest BCUT2D eigenvalue weighted by molar-refractivity contribution is 5.97. The van der Waals surface area contributed by atoms with Gasteiger partial charge in [-0.25, -0.2) is 4.79 Å². The zero-order valence-electron chi connectivity index (χ0n) is 17.2. The minimum absolute atomic E-state index is 0.0893. The molecule has 2 aromatic rings. The zero-order chi connectivity index (χ0) is 19.8. The van der Waals surface area contributed by atoms with Crippen molar-refractivity contribution in [1.82, 2.24) is 19.4 Å².